The molecule has 37 heavy (non-hydrogen) atoms. The number of rotatable bonds is 6. The van der Waals surface area contributed by atoms with Crippen molar-refractivity contribution >= 4 is 11.8 Å². The molecule has 7 nitrogen and oxygen atoms in total. The van der Waals surface area contributed by atoms with Gasteiger partial charge in [-0.05, 0) is 68.0 Å². The van der Waals surface area contributed by atoms with E-state index in [9.17, 15) is 14.0 Å². The highest BCUT2D eigenvalue weighted by Crippen LogP contribution is 2.34. The normalized spacial score (nSPS) is 26.5. The lowest BCUT2D eigenvalue weighted by molar-refractivity contribution is -0.126. The third kappa shape index (κ3) is 4.82. The largest absolute Gasteiger partial charge is 0.489 e. The second kappa shape index (κ2) is 9.82. The van der Waals surface area contributed by atoms with E-state index in [-0.39, 0.29) is 29.8 Å². The number of piperidine rings is 1. The lowest BCUT2D eigenvalue weighted by Gasteiger charge is -2.47. The van der Waals surface area contributed by atoms with E-state index >= 15 is 0 Å². The van der Waals surface area contributed by atoms with E-state index in [1.54, 1.807) is 17.0 Å². The molecule has 2 aromatic rings. The Morgan fingerprint density at radius 3 is 2.59 bits per heavy atom. The number of hydrogen-bond donors (Lipinski definition) is 1. The first-order chi connectivity index (χ1) is 17.9. The minimum Gasteiger partial charge on any atom is -0.489 e. The molecule has 1 unspecified atom stereocenters. The van der Waals surface area contributed by atoms with Gasteiger partial charge in [-0.15, -0.1) is 0 Å². The maximum atomic E-state index is 13.5. The van der Waals surface area contributed by atoms with Gasteiger partial charge in [0.15, 0.2) is 0 Å². The quantitative estimate of drug-likeness (QED) is 0.642. The Labute approximate surface area is 216 Å². The van der Waals surface area contributed by atoms with Gasteiger partial charge in [-0.25, -0.2) is 4.39 Å². The number of likely N-dealkylation sites (tertiary alicyclic amines) is 1. The van der Waals surface area contributed by atoms with Crippen molar-refractivity contribution in [3.05, 3.63) is 71.7 Å². The van der Waals surface area contributed by atoms with E-state index in [2.05, 4.69) is 16.8 Å². The zero-order chi connectivity index (χ0) is 25.5. The van der Waals surface area contributed by atoms with Crippen molar-refractivity contribution < 1.29 is 23.5 Å². The number of benzene rings is 2. The third-order valence-corrected chi connectivity index (χ3v) is 8.01. The number of nitrogens with zero attached hydrogens (tertiary/aromatic N) is 2. The van der Waals surface area contributed by atoms with E-state index in [1.165, 1.54) is 18.6 Å². The van der Waals surface area contributed by atoms with Crippen LogP contribution in [0.25, 0.3) is 0 Å². The van der Waals surface area contributed by atoms with Crippen LogP contribution in [0.5, 0.6) is 11.5 Å². The standard InChI is InChI=1S/C29H32FN3O4/c1-18-9-12-26(28(34)31-18)33-15-19-13-22(10-11-24(19)29(33)35)37-27-8-3-2-7-25(27)32-16-23(17-32)36-21-6-4-5-20(30)14-21/h4-6,10-11,13-14,23,25-27H,1-3,7-9,12,15-17H2,(H,31,34)/t25-,26?,27+/m0/s1. The van der Waals surface area contributed by atoms with Crippen molar-refractivity contribution in [3.63, 3.8) is 0 Å². The molecule has 4 aliphatic rings. The summed E-state index contributed by atoms with van der Waals surface area (Å²) < 4.78 is 25.9. The van der Waals surface area contributed by atoms with Crippen LogP contribution >= 0.6 is 0 Å². The molecule has 1 saturated carbocycles. The molecule has 2 amide bonds. The highest BCUT2D eigenvalue weighted by Gasteiger charge is 2.41. The number of allylic oxidation sites excluding steroid dienone is 1. The summed E-state index contributed by atoms with van der Waals surface area (Å²) in [6.07, 6.45) is 5.72. The number of carbonyl (C=O) groups excluding carboxylic acids is 2. The fraction of sp³-hybridized carbons (Fsp3) is 0.448. The van der Waals surface area contributed by atoms with Crippen molar-refractivity contribution in [2.24, 2.45) is 0 Å². The zero-order valence-corrected chi connectivity index (χ0v) is 20.8. The van der Waals surface area contributed by atoms with Crippen LogP contribution in [0.2, 0.25) is 0 Å². The Bertz CT molecular complexity index is 1230. The molecule has 0 aromatic heterocycles. The highest BCUT2D eigenvalue weighted by molar-refractivity contribution is 6.01. The summed E-state index contributed by atoms with van der Waals surface area (Å²) in [4.78, 5) is 29.6. The second-order valence-electron chi connectivity index (χ2n) is 10.6. The van der Waals surface area contributed by atoms with Crippen LogP contribution in [0.1, 0.15) is 54.4 Å². The molecule has 3 atom stereocenters. The lowest BCUT2D eigenvalue weighted by atomic mass is 9.89. The summed E-state index contributed by atoms with van der Waals surface area (Å²) >= 11 is 0. The van der Waals surface area contributed by atoms with Gasteiger partial charge in [0.1, 0.15) is 35.6 Å². The SMILES string of the molecule is C=C1CCC(N2Cc3cc(O[C@@H]4CCCC[C@@H]4N4CC(Oc5cccc(F)c5)C4)ccc3C2=O)C(=O)N1. The molecular weight excluding hydrogens is 473 g/mol. The third-order valence-electron chi connectivity index (χ3n) is 8.01. The molecule has 0 radical (unpaired) electrons. The average Bonchev–Trinajstić information content (AvgIpc) is 3.17. The maximum Gasteiger partial charge on any atom is 0.255 e. The lowest BCUT2D eigenvalue weighted by Crippen LogP contribution is -2.62. The molecule has 2 saturated heterocycles. The number of carbonyl (C=O) groups is 2. The van der Waals surface area contributed by atoms with E-state index in [4.69, 9.17) is 9.47 Å². The fourth-order valence-electron chi connectivity index (χ4n) is 6.06. The zero-order valence-electron chi connectivity index (χ0n) is 20.8. The molecule has 1 aliphatic carbocycles. The van der Waals surface area contributed by atoms with Gasteiger partial charge in [-0.2, -0.15) is 0 Å². The average molecular weight is 506 g/mol. The second-order valence-corrected chi connectivity index (χ2v) is 10.6. The number of ether oxygens (including phenoxy) is 2. The molecule has 194 valence electrons. The minimum absolute atomic E-state index is 0.0514. The van der Waals surface area contributed by atoms with Gasteiger partial charge < -0.3 is 19.7 Å². The van der Waals surface area contributed by atoms with Gasteiger partial charge in [0.25, 0.3) is 5.91 Å². The molecule has 3 fully saturated rings. The van der Waals surface area contributed by atoms with Crippen molar-refractivity contribution in [1.29, 1.82) is 0 Å². The summed E-state index contributed by atoms with van der Waals surface area (Å²) in [5, 5.41) is 2.78. The maximum absolute atomic E-state index is 13.5. The van der Waals surface area contributed by atoms with Crippen molar-refractivity contribution in [3.8, 4) is 11.5 Å². The molecule has 0 spiro atoms. The van der Waals surface area contributed by atoms with E-state index in [0.717, 1.165) is 43.7 Å². The number of hydrogen-bond acceptors (Lipinski definition) is 5. The summed E-state index contributed by atoms with van der Waals surface area (Å²) in [5.74, 6) is 0.780. The van der Waals surface area contributed by atoms with Crippen molar-refractivity contribution in [2.45, 2.75) is 69.4 Å². The summed E-state index contributed by atoms with van der Waals surface area (Å²) in [5.41, 5.74) is 2.25. The van der Waals surface area contributed by atoms with Gasteiger partial charge in [-0.1, -0.05) is 19.1 Å². The predicted octanol–water partition coefficient (Wildman–Crippen LogP) is 4.03. The topological polar surface area (TPSA) is 71.1 Å². The predicted molar refractivity (Wildman–Crippen MR) is 136 cm³/mol. The Morgan fingerprint density at radius 2 is 1.78 bits per heavy atom. The molecule has 1 N–H and O–H groups in total. The summed E-state index contributed by atoms with van der Waals surface area (Å²) in [7, 11) is 0. The van der Waals surface area contributed by atoms with E-state index < -0.39 is 6.04 Å². The first kappa shape index (κ1) is 24.0. The Hall–Kier alpha value is -3.39. The van der Waals surface area contributed by atoms with Crippen LogP contribution in [-0.4, -0.2) is 59.0 Å². The Morgan fingerprint density at radius 1 is 0.973 bits per heavy atom. The van der Waals surface area contributed by atoms with Crippen LogP contribution in [0.15, 0.2) is 54.7 Å². The van der Waals surface area contributed by atoms with Crippen LogP contribution in [0, 0.1) is 5.82 Å². The van der Waals surface area contributed by atoms with E-state index in [0.29, 0.717) is 42.4 Å². The molecular formula is C29H32FN3O4. The van der Waals surface area contributed by atoms with Crippen LogP contribution in [0.3, 0.4) is 0 Å². The van der Waals surface area contributed by atoms with Gasteiger partial charge >= 0.3 is 0 Å². The summed E-state index contributed by atoms with van der Waals surface area (Å²) in [6.45, 7) is 5.83. The molecule has 8 heteroatoms. The molecule has 3 aliphatic heterocycles. The summed E-state index contributed by atoms with van der Waals surface area (Å²) in [6, 6.07) is 11.8. The first-order valence-electron chi connectivity index (χ1n) is 13.2. The molecule has 0 bridgehead atoms. The number of nitrogens with one attached hydrogen (secondary N) is 1. The number of fused-ring (bicyclic) bond motifs is 1. The monoisotopic (exact) mass is 505 g/mol. The Balaban J connectivity index is 1.09. The smallest absolute Gasteiger partial charge is 0.255 e. The Kier molecular flexibility index (Phi) is 6.36. The van der Waals surface area contributed by atoms with Crippen molar-refractivity contribution in [1.82, 2.24) is 15.1 Å². The van der Waals surface area contributed by atoms with Gasteiger partial charge in [0.05, 0.1) is 0 Å². The van der Waals surface area contributed by atoms with Crippen molar-refractivity contribution in [2.75, 3.05) is 13.1 Å². The van der Waals surface area contributed by atoms with Crippen LogP contribution < -0.4 is 14.8 Å². The minimum atomic E-state index is -0.466. The van der Waals surface area contributed by atoms with E-state index in [1.807, 2.05) is 18.2 Å². The van der Waals surface area contributed by atoms with Crippen LogP contribution in [-0.2, 0) is 11.3 Å². The molecule has 2 aromatic carbocycles. The molecule has 6 rings (SSSR count). The number of halogens is 1. The molecule has 3 heterocycles. The number of amides is 2. The van der Waals surface area contributed by atoms with Gasteiger partial charge in [-0.3, -0.25) is 14.5 Å². The first-order valence-corrected chi connectivity index (χ1v) is 13.2. The highest BCUT2D eigenvalue weighted by atomic mass is 19.1. The fourth-order valence-corrected chi connectivity index (χ4v) is 6.06. The van der Waals surface area contributed by atoms with Crippen LogP contribution in [0.4, 0.5) is 4.39 Å². The van der Waals surface area contributed by atoms with Gasteiger partial charge in [0, 0.05) is 43.0 Å². The van der Waals surface area contributed by atoms with Gasteiger partial charge in [0.2, 0.25) is 5.91 Å².